The standard InChI is InChI=1S/C23H27N3O5S2/c1-15(2)31-21-8-6-17(33(4,28)29)12-18(21)20-13-25(9-10-26(20)14-27)23-24-19-7-5-16(30-3)11-22(19)32-23/h5-8,11-12,14-15,20H,9-10,13H2,1-4H3. The highest BCUT2D eigenvalue weighted by atomic mass is 32.2. The van der Waals surface area contributed by atoms with Crippen LogP contribution in [0.25, 0.3) is 10.2 Å². The molecule has 4 rings (SSSR count). The highest BCUT2D eigenvalue weighted by Gasteiger charge is 2.32. The van der Waals surface area contributed by atoms with Crippen molar-refractivity contribution in [1.82, 2.24) is 9.88 Å². The van der Waals surface area contributed by atoms with Crippen LogP contribution >= 0.6 is 11.3 Å². The Morgan fingerprint density at radius 2 is 1.97 bits per heavy atom. The van der Waals surface area contributed by atoms with E-state index in [4.69, 9.17) is 14.5 Å². The molecule has 1 aliphatic heterocycles. The number of benzene rings is 2. The SMILES string of the molecule is COc1ccc2nc(N3CCN(C=O)C(c4cc(S(C)(=O)=O)ccc4OC(C)C)C3)sc2c1. The third-order valence-electron chi connectivity index (χ3n) is 5.54. The average molecular weight is 490 g/mol. The Hall–Kier alpha value is -2.85. The molecule has 1 aromatic heterocycles. The first-order valence-corrected chi connectivity index (χ1v) is 13.3. The van der Waals surface area contributed by atoms with Crippen molar-refractivity contribution in [3.63, 3.8) is 0 Å². The number of carbonyl (C=O) groups is 1. The van der Waals surface area contributed by atoms with Gasteiger partial charge in [0.1, 0.15) is 11.5 Å². The van der Waals surface area contributed by atoms with Gasteiger partial charge in [-0.25, -0.2) is 13.4 Å². The van der Waals surface area contributed by atoms with Crippen molar-refractivity contribution < 1.29 is 22.7 Å². The van der Waals surface area contributed by atoms with Crippen LogP contribution in [0.3, 0.4) is 0 Å². The van der Waals surface area contributed by atoms with Crippen LogP contribution in [-0.2, 0) is 14.6 Å². The zero-order valence-electron chi connectivity index (χ0n) is 19.0. The number of sulfone groups is 1. The third-order valence-corrected chi connectivity index (χ3v) is 7.73. The fourth-order valence-electron chi connectivity index (χ4n) is 3.91. The summed E-state index contributed by atoms with van der Waals surface area (Å²) in [7, 11) is -1.79. The van der Waals surface area contributed by atoms with E-state index in [1.807, 2.05) is 32.0 Å². The van der Waals surface area contributed by atoms with E-state index in [0.29, 0.717) is 30.9 Å². The van der Waals surface area contributed by atoms with Gasteiger partial charge >= 0.3 is 0 Å². The van der Waals surface area contributed by atoms with Gasteiger partial charge in [-0.05, 0) is 50.2 Å². The smallest absolute Gasteiger partial charge is 0.210 e. The van der Waals surface area contributed by atoms with Crippen molar-refractivity contribution >= 4 is 42.9 Å². The Balaban J connectivity index is 1.73. The molecule has 1 saturated heterocycles. The summed E-state index contributed by atoms with van der Waals surface area (Å²) in [6, 6.07) is 10.2. The van der Waals surface area contributed by atoms with Crippen LogP contribution < -0.4 is 14.4 Å². The number of piperazine rings is 1. The van der Waals surface area contributed by atoms with E-state index in [2.05, 4.69) is 4.90 Å². The van der Waals surface area contributed by atoms with E-state index in [1.165, 1.54) is 6.26 Å². The third kappa shape index (κ3) is 4.91. The summed E-state index contributed by atoms with van der Waals surface area (Å²) >= 11 is 1.56. The number of anilines is 1. The largest absolute Gasteiger partial charge is 0.497 e. The van der Waals surface area contributed by atoms with Gasteiger partial charge in [-0.3, -0.25) is 4.79 Å². The quantitative estimate of drug-likeness (QED) is 0.469. The first-order chi connectivity index (χ1) is 15.7. The molecule has 10 heteroatoms. The van der Waals surface area contributed by atoms with Gasteiger partial charge in [0.05, 0.1) is 34.4 Å². The van der Waals surface area contributed by atoms with Gasteiger partial charge in [0.25, 0.3) is 0 Å². The van der Waals surface area contributed by atoms with Gasteiger partial charge in [0.2, 0.25) is 6.41 Å². The number of hydrogen-bond acceptors (Lipinski definition) is 8. The molecule has 0 spiro atoms. The lowest BCUT2D eigenvalue weighted by Crippen LogP contribution is -2.48. The maximum Gasteiger partial charge on any atom is 0.210 e. The van der Waals surface area contributed by atoms with Gasteiger partial charge in [-0.15, -0.1) is 0 Å². The second kappa shape index (κ2) is 9.18. The van der Waals surface area contributed by atoms with E-state index in [-0.39, 0.29) is 17.0 Å². The lowest BCUT2D eigenvalue weighted by molar-refractivity contribution is -0.120. The molecule has 0 N–H and O–H groups in total. The van der Waals surface area contributed by atoms with Gasteiger partial charge in [-0.2, -0.15) is 0 Å². The molecule has 0 saturated carbocycles. The minimum atomic E-state index is -3.42. The van der Waals surface area contributed by atoms with Crippen molar-refractivity contribution in [2.75, 3.05) is 37.9 Å². The molecule has 2 heterocycles. The monoisotopic (exact) mass is 489 g/mol. The summed E-state index contributed by atoms with van der Waals surface area (Å²) in [4.78, 5) is 20.7. The number of nitrogens with zero attached hydrogens (tertiary/aromatic N) is 3. The average Bonchev–Trinajstić information content (AvgIpc) is 3.21. The zero-order valence-corrected chi connectivity index (χ0v) is 20.6. The number of thiazole rings is 1. The van der Waals surface area contributed by atoms with Crippen molar-refractivity contribution in [3.05, 3.63) is 42.0 Å². The van der Waals surface area contributed by atoms with Gasteiger partial charge in [0, 0.05) is 31.5 Å². The molecule has 0 radical (unpaired) electrons. The summed E-state index contributed by atoms with van der Waals surface area (Å²) in [5.74, 6) is 1.35. The molecular formula is C23H27N3O5S2. The van der Waals surface area contributed by atoms with Gasteiger partial charge in [-0.1, -0.05) is 11.3 Å². The van der Waals surface area contributed by atoms with Crippen LogP contribution in [0.15, 0.2) is 41.3 Å². The lowest BCUT2D eigenvalue weighted by atomic mass is 10.0. The van der Waals surface area contributed by atoms with Crippen LogP contribution in [0.5, 0.6) is 11.5 Å². The maximum absolute atomic E-state index is 12.2. The molecule has 1 unspecified atom stereocenters. The van der Waals surface area contributed by atoms with Gasteiger partial charge < -0.3 is 19.3 Å². The topological polar surface area (TPSA) is 89.0 Å². The van der Waals surface area contributed by atoms with Gasteiger partial charge in [0.15, 0.2) is 15.0 Å². The van der Waals surface area contributed by atoms with Crippen molar-refractivity contribution in [1.29, 1.82) is 0 Å². The van der Waals surface area contributed by atoms with Crippen LogP contribution in [-0.4, -0.2) is 63.8 Å². The Bertz CT molecular complexity index is 1270. The number of hydrogen-bond donors (Lipinski definition) is 0. The zero-order chi connectivity index (χ0) is 23.8. The first kappa shape index (κ1) is 23.3. The Kier molecular flexibility index (Phi) is 6.49. The number of fused-ring (bicyclic) bond motifs is 1. The molecule has 33 heavy (non-hydrogen) atoms. The first-order valence-electron chi connectivity index (χ1n) is 10.6. The summed E-state index contributed by atoms with van der Waals surface area (Å²) in [6.45, 7) is 5.40. The predicted molar refractivity (Wildman–Crippen MR) is 129 cm³/mol. The van der Waals surface area contributed by atoms with Crippen LogP contribution in [0.4, 0.5) is 5.13 Å². The highest BCUT2D eigenvalue weighted by molar-refractivity contribution is 7.90. The summed E-state index contributed by atoms with van der Waals surface area (Å²) in [5.41, 5.74) is 1.55. The number of ether oxygens (including phenoxy) is 2. The molecule has 176 valence electrons. The fourth-order valence-corrected chi connectivity index (χ4v) is 5.59. The van der Waals surface area contributed by atoms with E-state index in [9.17, 15) is 13.2 Å². The number of carbonyl (C=O) groups excluding carboxylic acids is 1. The number of rotatable bonds is 7. The summed E-state index contributed by atoms with van der Waals surface area (Å²) < 4.78 is 36.8. The Morgan fingerprint density at radius 3 is 2.64 bits per heavy atom. The molecule has 1 fully saturated rings. The maximum atomic E-state index is 12.2. The van der Waals surface area contributed by atoms with E-state index >= 15 is 0 Å². The molecule has 1 aliphatic rings. The van der Waals surface area contributed by atoms with E-state index in [0.717, 1.165) is 27.5 Å². The van der Waals surface area contributed by atoms with Crippen LogP contribution in [0, 0.1) is 0 Å². The Labute approximate surface area is 197 Å². The Morgan fingerprint density at radius 1 is 1.18 bits per heavy atom. The second-order valence-corrected chi connectivity index (χ2v) is 11.3. The van der Waals surface area contributed by atoms with Crippen LogP contribution in [0.1, 0.15) is 25.5 Å². The number of amides is 1. The molecular weight excluding hydrogens is 462 g/mol. The predicted octanol–water partition coefficient (Wildman–Crippen LogP) is 3.52. The molecule has 0 aliphatic carbocycles. The van der Waals surface area contributed by atoms with E-state index < -0.39 is 9.84 Å². The van der Waals surface area contributed by atoms with E-state index in [1.54, 1.807) is 41.5 Å². The normalized spacial score (nSPS) is 16.9. The lowest BCUT2D eigenvalue weighted by Gasteiger charge is -2.40. The van der Waals surface area contributed by atoms with Crippen molar-refractivity contribution in [2.45, 2.75) is 30.9 Å². The second-order valence-electron chi connectivity index (χ2n) is 8.27. The van der Waals surface area contributed by atoms with Crippen molar-refractivity contribution in [3.8, 4) is 11.5 Å². The summed E-state index contributed by atoms with van der Waals surface area (Å²) in [6.07, 6.45) is 1.89. The minimum Gasteiger partial charge on any atom is -0.497 e. The highest BCUT2D eigenvalue weighted by Crippen LogP contribution is 2.38. The molecule has 2 aromatic carbocycles. The number of methoxy groups -OCH3 is 1. The molecule has 3 aromatic rings. The molecule has 1 amide bonds. The fraction of sp³-hybridized carbons (Fsp3) is 0.391. The molecule has 8 nitrogen and oxygen atoms in total. The minimum absolute atomic E-state index is 0.101. The molecule has 1 atom stereocenters. The number of aromatic nitrogens is 1. The summed E-state index contributed by atoms with van der Waals surface area (Å²) in [5, 5.41) is 0.847. The molecule has 0 bridgehead atoms. The van der Waals surface area contributed by atoms with Crippen molar-refractivity contribution in [2.24, 2.45) is 0 Å². The van der Waals surface area contributed by atoms with Crippen LogP contribution in [0.2, 0.25) is 0 Å².